The molecule has 0 amide bonds. The van der Waals surface area contributed by atoms with Crippen molar-refractivity contribution in [1.82, 2.24) is 4.98 Å². The molecule has 3 aromatic rings. The molecule has 0 unspecified atom stereocenters. The first-order valence-corrected chi connectivity index (χ1v) is 7.22. The molecule has 0 spiro atoms. The quantitative estimate of drug-likeness (QED) is 0.630. The Labute approximate surface area is 118 Å². The molecule has 0 aliphatic rings. The largest absolute Gasteiger partial charge is 0.254 e. The lowest BCUT2D eigenvalue weighted by atomic mass is 10.2. The second-order valence-corrected chi connectivity index (χ2v) is 5.80. The molecule has 18 heavy (non-hydrogen) atoms. The molecule has 1 nitrogen and oxygen atoms in total. The van der Waals surface area contributed by atoms with Gasteiger partial charge in [-0.25, -0.2) is 0 Å². The molecule has 2 heterocycles. The van der Waals surface area contributed by atoms with Gasteiger partial charge in [0, 0.05) is 15.5 Å². The van der Waals surface area contributed by atoms with Gasteiger partial charge >= 0.3 is 0 Å². The summed E-state index contributed by atoms with van der Waals surface area (Å²) in [6.45, 7) is 0. The van der Waals surface area contributed by atoms with Crippen molar-refractivity contribution >= 4 is 27.3 Å². The summed E-state index contributed by atoms with van der Waals surface area (Å²) in [6.07, 6.45) is 1.82. The highest BCUT2D eigenvalue weighted by Crippen LogP contribution is 2.36. The van der Waals surface area contributed by atoms with Gasteiger partial charge in [-0.15, -0.1) is 11.3 Å². The summed E-state index contributed by atoms with van der Waals surface area (Å²) in [5.41, 5.74) is 2.26. The minimum Gasteiger partial charge on any atom is -0.254 e. The summed E-state index contributed by atoms with van der Waals surface area (Å²) in [5.74, 6) is 0. The van der Waals surface area contributed by atoms with Gasteiger partial charge in [0.25, 0.3) is 0 Å². The SMILES string of the molecule is Brc1cccnc1-c1ccc(-c2ccccc2)s1. The minimum absolute atomic E-state index is 1.00. The third-order valence-electron chi connectivity index (χ3n) is 2.66. The highest BCUT2D eigenvalue weighted by molar-refractivity contribution is 9.10. The predicted octanol–water partition coefficient (Wildman–Crippen LogP) is 5.24. The van der Waals surface area contributed by atoms with Gasteiger partial charge in [0.1, 0.15) is 0 Å². The van der Waals surface area contributed by atoms with Gasteiger partial charge < -0.3 is 0 Å². The number of nitrogens with zero attached hydrogens (tertiary/aromatic N) is 1. The van der Waals surface area contributed by atoms with Crippen LogP contribution in [0.3, 0.4) is 0 Å². The fourth-order valence-electron chi connectivity index (χ4n) is 1.79. The molecule has 0 atom stereocenters. The molecular weight excluding hydrogens is 306 g/mol. The lowest BCUT2D eigenvalue weighted by Crippen LogP contribution is -1.79. The maximum Gasteiger partial charge on any atom is 0.0943 e. The highest BCUT2D eigenvalue weighted by atomic mass is 79.9. The van der Waals surface area contributed by atoms with Crippen molar-refractivity contribution in [3.63, 3.8) is 0 Å². The van der Waals surface area contributed by atoms with E-state index < -0.39 is 0 Å². The van der Waals surface area contributed by atoms with E-state index in [0.29, 0.717) is 0 Å². The average molecular weight is 316 g/mol. The van der Waals surface area contributed by atoms with Crippen molar-refractivity contribution in [3.8, 4) is 21.0 Å². The number of benzene rings is 1. The number of aromatic nitrogens is 1. The van der Waals surface area contributed by atoms with Gasteiger partial charge in [-0.2, -0.15) is 0 Å². The van der Waals surface area contributed by atoms with E-state index >= 15 is 0 Å². The topological polar surface area (TPSA) is 12.9 Å². The number of halogens is 1. The molecule has 0 saturated heterocycles. The Balaban J connectivity index is 2.03. The van der Waals surface area contributed by atoms with E-state index in [-0.39, 0.29) is 0 Å². The fraction of sp³-hybridized carbons (Fsp3) is 0. The molecule has 88 valence electrons. The summed E-state index contributed by atoms with van der Waals surface area (Å²) in [5, 5.41) is 0. The van der Waals surface area contributed by atoms with Gasteiger partial charge in [-0.1, -0.05) is 30.3 Å². The van der Waals surface area contributed by atoms with Crippen molar-refractivity contribution in [3.05, 3.63) is 65.3 Å². The first kappa shape index (κ1) is 11.6. The maximum atomic E-state index is 4.42. The van der Waals surface area contributed by atoms with Crippen LogP contribution in [0, 0.1) is 0 Å². The highest BCUT2D eigenvalue weighted by Gasteiger charge is 2.08. The van der Waals surface area contributed by atoms with Crippen molar-refractivity contribution < 1.29 is 0 Å². The van der Waals surface area contributed by atoms with Crippen LogP contribution in [0.15, 0.2) is 65.3 Å². The van der Waals surface area contributed by atoms with E-state index in [2.05, 4.69) is 57.3 Å². The van der Waals surface area contributed by atoms with Crippen LogP contribution >= 0.6 is 27.3 Å². The molecule has 3 rings (SSSR count). The Morgan fingerprint density at radius 1 is 0.833 bits per heavy atom. The monoisotopic (exact) mass is 315 g/mol. The number of hydrogen-bond acceptors (Lipinski definition) is 2. The van der Waals surface area contributed by atoms with Crippen LogP contribution in [0.1, 0.15) is 0 Å². The van der Waals surface area contributed by atoms with Crippen molar-refractivity contribution in [1.29, 1.82) is 0 Å². The number of pyridine rings is 1. The van der Waals surface area contributed by atoms with Crippen LogP contribution in [-0.4, -0.2) is 4.98 Å². The van der Waals surface area contributed by atoms with Gasteiger partial charge in [0.05, 0.1) is 10.6 Å². The molecule has 0 N–H and O–H groups in total. The number of rotatable bonds is 2. The van der Waals surface area contributed by atoms with E-state index in [1.54, 1.807) is 11.3 Å². The van der Waals surface area contributed by atoms with Crippen molar-refractivity contribution in [2.24, 2.45) is 0 Å². The van der Waals surface area contributed by atoms with Crippen LogP contribution in [0.2, 0.25) is 0 Å². The summed E-state index contributed by atoms with van der Waals surface area (Å²) in [7, 11) is 0. The van der Waals surface area contributed by atoms with Crippen LogP contribution < -0.4 is 0 Å². The van der Waals surface area contributed by atoms with E-state index in [0.717, 1.165) is 10.2 Å². The zero-order chi connectivity index (χ0) is 12.4. The number of thiophene rings is 1. The molecule has 1 aromatic carbocycles. The zero-order valence-corrected chi connectivity index (χ0v) is 11.9. The Morgan fingerprint density at radius 2 is 1.61 bits per heavy atom. The minimum atomic E-state index is 1.00. The lowest BCUT2D eigenvalue weighted by Gasteiger charge is -1.99. The second kappa shape index (κ2) is 5.04. The standard InChI is InChI=1S/C15H10BrNS/c16-12-7-4-10-17-15(12)14-9-8-13(18-14)11-5-2-1-3-6-11/h1-10H. The first-order chi connectivity index (χ1) is 8.84. The lowest BCUT2D eigenvalue weighted by molar-refractivity contribution is 1.32. The zero-order valence-electron chi connectivity index (χ0n) is 9.51. The summed E-state index contributed by atoms with van der Waals surface area (Å²) in [4.78, 5) is 6.87. The van der Waals surface area contributed by atoms with E-state index in [1.807, 2.05) is 24.4 Å². The molecular formula is C15H10BrNS. The Hall–Kier alpha value is -1.45. The molecule has 0 fully saturated rings. The smallest absolute Gasteiger partial charge is 0.0943 e. The molecule has 0 radical (unpaired) electrons. The van der Waals surface area contributed by atoms with Crippen LogP contribution in [0.4, 0.5) is 0 Å². The third-order valence-corrected chi connectivity index (χ3v) is 4.44. The van der Waals surface area contributed by atoms with E-state index in [9.17, 15) is 0 Å². The molecule has 0 saturated carbocycles. The fourth-order valence-corrected chi connectivity index (χ4v) is 3.41. The van der Waals surface area contributed by atoms with Gasteiger partial charge in [-0.3, -0.25) is 4.98 Å². The Morgan fingerprint density at radius 3 is 2.39 bits per heavy atom. The Kier molecular flexibility index (Phi) is 3.26. The summed E-state index contributed by atoms with van der Waals surface area (Å²) < 4.78 is 1.03. The van der Waals surface area contributed by atoms with Crippen LogP contribution in [0.5, 0.6) is 0 Å². The van der Waals surface area contributed by atoms with Crippen LogP contribution in [0.25, 0.3) is 21.0 Å². The van der Waals surface area contributed by atoms with E-state index in [4.69, 9.17) is 0 Å². The summed E-state index contributed by atoms with van der Waals surface area (Å²) >= 11 is 5.30. The maximum absolute atomic E-state index is 4.42. The Bertz CT molecular complexity index is 661. The molecule has 0 aliphatic heterocycles. The molecule has 0 aliphatic carbocycles. The van der Waals surface area contributed by atoms with Gasteiger partial charge in [0.2, 0.25) is 0 Å². The average Bonchev–Trinajstić information content (AvgIpc) is 2.90. The van der Waals surface area contributed by atoms with Gasteiger partial charge in [-0.05, 0) is 45.8 Å². The van der Waals surface area contributed by atoms with Crippen molar-refractivity contribution in [2.45, 2.75) is 0 Å². The van der Waals surface area contributed by atoms with E-state index in [1.165, 1.54) is 15.3 Å². The van der Waals surface area contributed by atoms with Gasteiger partial charge in [0.15, 0.2) is 0 Å². The summed E-state index contributed by atoms with van der Waals surface area (Å²) in [6, 6.07) is 18.6. The number of hydrogen-bond donors (Lipinski definition) is 0. The molecule has 2 aromatic heterocycles. The predicted molar refractivity (Wildman–Crippen MR) is 80.7 cm³/mol. The molecule has 0 bridgehead atoms. The normalized spacial score (nSPS) is 10.5. The van der Waals surface area contributed by atoms with Crippen LogP contribution in [-0.2, 0) is 0 Å². The molecule has 3 heteroatoms. The second-order valence-electron chi connectivity index (χ2n) is 3.86. The van der Waals surface area contributed by atoms with Crippen molar-refractivity contribution in [2.75, 3.05) is 0 Å². The third kappa shape index (κ3) is 2.24. The first-order valence-electron chi connectivity index (χ1n) is 5.61.